The predicted octanol–water partition coefficient (Wildman–Crippen LogP) is 3.16. The number of aryl methyl sites for hydroxylation is 2. The topological polar surface area (TPSA) is 149 Å². The van der Waals surface area contributed by atoms with Gasteiger partial charge in [0.15, 0.2) is 10.9 Å². The van der Waals surface area contributed by atoms with Crippen LogP contribution < -0.4 is 5.32 Å². The third-order valence-electron chi connectivity index (χ3n) is 8.78. The number of phenolic OH excluding ortho intramolecular Hbond substituents is 1. The van der Waals surface area contributed by atoms with Gasteiger partial charge in [-0.05, 0) is 86.0 Å². The number of carbonyl (C=O) groups is 1. The normalized spacial score (nSPS) is 31.7. The summed E-state index contributed by atoms with van der Waals surface area (Å²) in [5.41, 5.74) is 1.47. The number of hydrogen-bond donors (Lipinski definition) is 5. The van der Waals surface area contributed by atoms with E-state index in [4.69, 9.17) is 4.52 Å². The molecule has 0 radical (unpaired) electrons. The Balaban J connectivity index is 0.00000200. The number of benzene rings is 1. The molecule has 2 fully saturated rings. The first-order valence-corrected chi connectivity index (χ1v) is 14.8. The van der Waals surface area contributed by atoms with Gasteiger partial charge in [-0.2, -0.15) is 0 Å². The minimum absolute atomic E-state index is 0. The fourth-order valence-corrected chi connectivity index (χ4v) is 8.75. The number of carbonyl (C=O) groups excluding carboxylic acids is 1. The molecule has 0 spiro atoms. The molecule has 2 saturated carbocycles. The molecule has 6 atom stereocenters. The van der Waals surface area contributed by atoms with Crippen LogP contribution in [0.4, 0.5) is 5.13 Å². The summed E-state index contributed by atoms with van der Waals surface area (Å²) < 4.78 is 17.0. The van der Waals surface area contributed by atoms with Crippen molar-refractivity contribution in [1.29, 1.82) is 0 Å². The second-order valence-electron chi connectivity index (χ2n) is 10.9. The van der Waals surface area contributed by atoms with Gasteiger partial charge >= 0.3 is 66.9 Å². The van der Waals surface area contributed by atoms with E-state index in [2.05, 4.69) is 10.3 Å². The van der Waals surface area contributed by atoms with Crippen molar-refractivity contribution in [3.8, 4) is 5.75 Å². The number of anilines is 1. The van der Waals surface area contributed by atoms with Gasteiger partial charge in [0.25, 0.3) is 0 Å². The first kappa shape index (κ1) is 32.7. The van der Waals surface area contributed by atoms with Crippen LogP contribution in [0.5, 0.6) is 5.75 Å². The van der Waals surface area contributed by atoms with Gasteiger partial charge in [0.1, 0.15) is 5.75 Å². The molecule has 2 aromatic rings. The Morgan fingerprint density at radius 2 is 2.03 bits per heavy atom. The van der Waals surface area contributed by atoms with Gasteiger partial charge in [-0.25, -0.2) is 9.55 Å². The van der Waals surface area contributed by atoms with E-state index >= 15 is 0 Å². The fourth-order valence-electron chi connectivity index (χ4n) is 7.39. The van der Waals surface area contributed by atoms with E-state index in [1.165, 1.54) is 16.9 Å². The molecular formula is C25H35N2Na2O7PS. The van der Waals surface area contributed by atoms with Crippen LogP contribution in [0.2, 0.25) is 0 Å². The molecule has 5 rings (SSSR count). The van der Waals surface area contributed by atoms with Gasteiger partial charge in [0.2, 0.25) is 5.91 Å². The molecule has 38 heavy (non-hydrogen) atoms. The molecular weight excluding hydrogens is 549 g/mol. The minimum atomic E-state index is -4.95. The van der Waals surface area contributed by atoms with Crippen molar-refractivity contribution in [3.63, 3.8) is 0 Å². The van der Waals surface area contributed by atoms with Crippen LogP contribution in [0.15, 0.2) is 24.4 Å². The number of phosphoric ester groups is 1. The Labute approximate surface area is 271 Å². The molecule has 5 N–H and O–H groups in total. The Kier molecular flexibility index (Phi) is 10.5. The number of aromatic nitrogens is 1. The number of amides is 1. The van der Waals surface area contributed by atoms with Crippen molar-refractivity contribution < 1.29 is 33.9 Å². The van der Waals surface area contributed by atoms with Gasteiger partial charge in [-0.1, -0.05) is 13.0 Å². The fraction of sp³-hybridized carbons (Fsp3) is 0.600. The molecule has 0 aliphatic heterocycles. The Morgan fingerprint density at radius 1 is 1.29 bits per heavy atom. The summed E-state index contributed by atoms with van der Waals surface area (Å²) in [5.74, 6) is -1.74. The molecule has 3 unspecified atom stereocenters. The van der Waals surface area contributed by atoms with Crippen molar-refractivity contribution >= 4 is 89.3 Å². The van der Waals surface area contributed by atoms with Crippen LogP contribution in [0.1, 0.15) is 67.4 Å². The molecule has 13 heteroatoms. The van der Waals surface area contributed by atoms with Crippen LogP contribution in [-0.2, 0) is 20.3 Å². The van der Waals surface area contributed by atoms with E-state index in [1.54, 1.807) is 12.3 Å². The molecule has 1 amide bonds. The van der Waals surface area contributed by atoms with Crippen molar-refractivity contribution in [3.05, 3.63) is 40.4 Å². The monoisotopic (exact) mass is 584 g/mol. The number of aliphatic hydroxyl groups is 1. The number of nitrogens with zero attached hydrogens (tertiary/aromatic N) is 1. The van der Waals surface area contributed by atoms with Crippen molar-refractivity contribution in [2.45, 2.75) is 70.5 Å². The number of rotatable bonds is 6. The number of nitrogens with one attached hydrogen (secondary N) is 1. The summed E-state index contributed by atoms with van der Waals surface area (Å²) in [6, 6.07) is 5.51. The van der Waals surface area contributed by atoms with Crippen LogP contribution in [0.3, 0.4) is 0 Å². The zero-order chi connectivity index (χ0) is 25.9. The quantitative estimate of drug-likeness (QED) is 0.198. The summed E-state index contributed by atoms with van der Waals surface area (Å²) in [6.45, 7) is 3.80. The number of hydrogen-bond acceptors (Lipinski definition) is 7. The second-order valence-corrected chi connectivity index (χ2v) is 13.3. The van der Waals surface area contributed by atoms with Gasteiger partial charge in [0, 0.05) is 29.3 Å². The van der Waals surface area contributed by atoms with Crippen LogP contribution in [0.25, 0.3) is 0 Å². The van der Waals surface area contributed by atoms with Crippen molar-refractivity contribution in [2.75, 3.05) is 5.32 Å². The van der Waals surface area contributed by atoms with E-state index in [0.717, 1.165) is 29.7 Å². The van der Waals surface area contributed by atoms with Crippen molar-refractivity contribution in [1.82, 2.24) is 4.98 Å². The molecule has 9 nitrogen and oxygen atoms in total. The molecule has 200 valence electrons. The number of aromatic hydroxyl groups is 1. The molecule has 3 aliphatic rings. The second kappa shape index (κ2) is 12.2. The third kappa shape index (κ3) is 6.32. The van der Waals surface area contributed by atoms with Crippen molar-refractivity contribution in [2.24, 2.45) is 23.2 Å². The average molecular weight is 585 g/mol. The summed E-state index contributed by atoms with van der Waals surface area (Å²) in [5, 5.41) is 24.9. The van der Waals surface area contributed by atoms with E-state index in [9.17, 15) is 29.4 Å². The molecule has 0 bridgehead atoms. The predicted molar refractivity (Wildman–Crippen MR) is 149 cm³/mol. The summed E-state index contributed by atoms with van der Waals surface area (Å²) in [4.78, 5) is 37.2. The Hall–Kier alpha value is 0.190. The number of phenols is 1. The maximum absolute atomic E-state index is 12.7. The number of thiazole rings is 1. The molecule has 1 heterocycles. The molecule has 3 aliphatic carbocycles. The standard InChI is InChI=1S/C25H33N2O7PS.2Na.2H/c1-14-13-26-23(36-14)27-21(29)8-4-16-12-25(30,34-35(31,32)33)24(2)10-9-19-18-7-5-17(28)11-15(18)3-6-20(19)22(16)24;;;;/h5,7,11,13,16,19-20,22,28,30H,3-4,6,8-10,12H2,1-2H3,(H,26,27,29)(H2,31,32,33);;;;/t16-,19?,20?,22?,24+,25+;;;;/m1..../s1. The van der Waals surface area contributed by atoms with Crippen LogP contribution in [-0.4, -0.2) is 95.8 Å². The van der Waals surface area contributed by atoms with Gasteiger partial charge in [-0.15, -0.1) is 11.3 Å². The Bertz CT molecular complexity index is 1230. The van der Waals surface area contributed by atoms with E-state index in [-0.39, 0.29) is 107 Å². The maximum atomic E-state index is 12.7. The van der Waals surface area contributed by atoms with E-state index in [0.29, 0.717) is 18.0 Å². The zero-order valence-corrected chi connectivity index (χ0v) is 22.1. The number of fused-ring (bicyclic) bond motifs is 5. The van der Waals surface area contributed by atoms with Crippen LogP contribution >= 0.6 is 19.2 Å². The molecule has 1 aromatic carbocycles. The summed E-state index contributed by atoms with van der Waals surface area (Å²) in [6.07, 6.45) is 5.36. The van der Waals surface area contributed by atoms with Gasteiger partial charge in [-0.3, -0.25) is 9.32 Å². The average Bonchev–Trinajstić information content (AvgIpc) is 3.28. The number of phosphoric acid groups is 1. The molecule has 0 saturated heterocycles. The third-order valence-corrected chi connectivity index (χ3v) is 10.1. The Morgan fingerprint density at radius 3 is 2.68 bits per heavy atom. The van der Waals surface area contributed by atoms with E-state index < -0.39 is 19.0 Å². The van der Waals surface area contributed by atoms with Crippen LogP contribution in [0, 0.1) is 30.1 Å². The van der Waals surface area contributed by atoms with Gasteiger partial charge in [0.05, 0.1) is 0 Å². The molecule has 1 aromatic heterocycles. The first-order chi connectivity index (χ1) is 16.9. The van der Waals surface area contributed by atoms with E-state index in [1.807, 2.05) is 26.0 Å². The first-order valence-electron chi connectivity index (χ1n) is 12.4. The SMILES string of the molecule is Cc1cnc(NC(=O)CC[C@@H]2C[C@](O)(OP(=O)(O)O)[C@@]3(C)CCC4c5ccc(O)cc5CCC4C23)s1.[NaH].[NaH]. The zero-order valence-electron chi connectivity index (χ0n) is 20.4. The summed E-state index contributed by atoms with van der Waals surface area (Å²) >= 11 is 1.40. The summed E-state index contributed by atoms with van der Waals surface area (Å²) in [7, 11) is -4.95. The van der Waals surface area contributed by atoms with Gasteiger partial charge < -0.3 is 25.3 Å².